The zero-order chi connectivity index (χ0) is 21.5. The lowest BCUT2D eigenvalue weighted by atomic mass is 10.1. The van der Waals surface area contributed by atoms with E-state index in [1.807, 2.05) is 12.1 Å². The Kier molecular flexibility index (Phi) is 8.51. The Morgan fingerprint density at radius 2 is 1.86 bits per heavy atom. The predicted octanol–water partition coefficient (Wildman–Crippen LogP) is 4.80. The third-order valence-corrected chi connectivity index (χ3v) is 9.68. The Hall–Kier alpha value is -2.05. The Balaban J connectivity index is 2.89. The summed E-state index contributed by atoms with van der Waals surface area (Å²) in [5.74, 6) is 1.21. The number of nitrogens with zero attached hydrogens (tertiary/aromatic N) is 1. The lowest BCUT2D eigenvalue weighted by Crippen LogP contribution is -2.42. The van der Waals surface area contributed by atoms with Crippen LogP contribution in [-0.2, 0) is 15.8 Å². The monoisotopic (exact) mass is 405 g/mol. The maximum Gasteiger partial charge on any atom is 0.246 e. The van der Waals surface area contributed by atoms with Crippen molar-refractivity contribution in [2.45, 2.75) is 45.4 Å². The number of carbonyl (C=O) groups excluding carboxylic acids is 1. The fourth-order valence-electron chi connectivity index (χ4n) is 2.34. The molecule has 0 fully saturated rings. The molecule has 0 N–H and O–H groups in total. The SMILES string of the molecule is C=CC(=O)N(CC(=C)CO[Si](C)(C)C(C)(C)C)Cc1ccc(OC)cc1OC. The van der Waals surface area contributed by atoms with Gasteiger partial charge in [-0.1, -0.05) is 33.9 Å². The summed E-state index contributed by atoms with van der Waals surface area (Å²) >= 11 is 0. The van der Waals surface area contributed by atoms with E-state index in [1.54, 1.807) is 25.2 Å². The number of amides is 1. The second-order valence-electron chi connectivity index (χ2n) is 8.38. The Labute approximate surface area is 171 Å². The maximum atomic E-state index is 12.4. The van der Waals surface area contributed by atoms with Crippen molar-refractivity contribution in [3.63, 3.8) is 0 Å². The van der Waals surface area contributed by atoms with E-state index < -0.39 is 8.32 Å². The molecular weight excluding hydrogens is 370 g/mol. The van der Waals surface area contributed by atoms with Crippen LogP contribution in [0.2, 0.25) is 18.1 Å². The number of rotatable bonds is 10. The quantitative estimate of drug-likeness (QED) is 0.319. The molecular formula is C22H35NO4Si. The molecule has 0 unspecified atom stereocenters. The molecule has 0 aliphatic rings. The van der Waals surface area contributed by atoms with Gasteiger partial charge in [-0.05, 0) is 41.9 Å². The summed E-state index contributed by atoms with van der Waals surface area (Å²) in [5.41, 5.74) is 1.74. The van der Waals surface area contributed by atoms with E-state index in [0.29, 0.717) is 31.2 Å². The third kappa shape index (κ3) is 6.53. The first-order valence-corrected chi connectivity index (χ1v) is 12.3. The van der Waals surface area contributed by atoms with Crippen LogP contribution in [0.4, 0.5) is 0 Å². The number of carbonyl (C=O) groups is 1. The fourth-order valence-corrected chi connectivity index (χ4v) is 3.34. The lowest BCUT2D eigenvalue weighted by Gasteiger charge is -2.36. The smallest absolute Gasteiger partial charge is 0.246 e. The number of hydrogen-bond acceptors (Lipinski definition) is 4. The van der Waals surface area contributed by atoms with Gasteiger partial charge in [0.2, 0.25) is 5.91 Å². The van der Waals surface area contributed by atoms with Crippen LogP contribution in [0, 0.1) is 0 Å². The molecule has 0 aliphatic carbocycles. The first-order valence-electron chi connectivity index (χ1n) is 9.38. The molecule has 0 heterocycles. The standard InChI is InChI=1S/C22H35NO4Si/c1-10-21(24)23(14-17(2)16-27-28(8,9)22(3,4)5)15-18-11-12-19(25-6)13-20(18)26-7/h10-13H,1-2,14-16H2,3-9H3. The van der Waals surface area contributed by atoms with Crippen molar-refractivity contribution in [3.05, 3.63) is 48.6 Å². The lowest BCUT2D eigenvalue weighted by molar-refractivity contribution is -0.126. The number of benzene rings is 1. The molecule has 0 spiro atoms. The molecule has 0 aromatic heterocycles. The molecule has 6 heteroatoms. The Morgan fingerprint density at radius 1 is 1.21 bits per heavy atom. The second-order valence-corrected chi connectivity index (χ2v) is 13.2. The van der Waals surface area contributed by atoms with Crippen LogP contribution < -0.4 is 9.47 Å². The predicted molar refractivity (Wildman–Crippen MR) is 117 cm³/mol. The van der Waals surface area contributed by atoms with Crippen molar-refractivity contribution in [2.24, 2.45) is 0 Å². The molecule has 1 amide bonds. The van der Waals surface area contributed by atoms with E-state index in [4.69, 9.17) is 13.9 Å². The topological polar surface area (TPSA) is 48.0 Å². The largest absolute Gasteiger partial charge is 0.497 e. The molecule has 0 saturated heterocycles. The van der Waals surface area contributed by atoms with Crippen molar-refractivity contribution in [1.82, 2.24) is 4.90 Å². The highest BCUT2D eigenvalue weighted by molar-refractivity contribution is 6.74. The van der Waals surface area contributed by atoms with E-state index >= 15 is 0 Å². The summed E-state index contributed by atoms with van der Waals surface area (Å²) in [6.45, 7) is 20.0. The number of methoxy groups -OCH3 is 2. The van der Waals surface area contributed by atoms with Gasteiger partial charge >= 0.3 is 0 Å². The van der Waals surface area contributed by atoms with E-state index in [1.165, 1.54) is 6.08 Å². The molecule has 156 valence electrons. The Morgan fingerprint density at radius 3 is 2.36 bits per heavy atom. The molecule has 28 heavy (non-hydrogen) atoms. The van der Waals surface area contributed by atoms with E-state index in [2.05, 4.69) is 47.0 Å². The van der Waals surface area contributed by atoms with E-state index in [9.17, 15) is 4.79 Å². The van der Waals surface area contributed by atoms with Crippen molar-refractivity contribution in [1.29, 1.82) is 0 Å². The highest BCUT2D eigenvalue weighted by Gasteiger charge is 2.37. The fraction of sp³-hybridized carbons (Fsp3) is 0.500. The van der Waals surface area contributed by atoms with E-state index in [0.717, 1.165) is 11.1 Å². The van der Waals surface area contributed by atoms with Gasteiger partial charge in [0.15, 0.2) is 8.32 Å². The van der Waals surface area contributed by atoms with Crippen molar-refractivity contribution in [2.75, 3.05) is 27.4 Å². The summed E-state index contributed by atoms with van der Waals surface area (Å²) in [6.07, 6.45) is 1.32. The zero-order valence-corrected chi connectivity index (χ0v) is 19.4. The molecule has 1 aromatic rings. The molecule has 0 radical (unpaired) electrons. The highest BCUT2D eigenvalue weighted by Crippen LogP contribution is 2.36. The van der Waals surface area contributed by atoms with Crippen LogP contribution in [0.5, 0.6) is 11.5 Å². The van der Waals surface area contributed by atoms with Crippen LogP contribution in [0.25, 0.3) is 0 Å². The van der Waals surface area contributed by atoms with Crippen molar-refractivity contribution in [3.8, 4) is 11.5 Å². The first kappa shape index (κ1) is 24.0. The van der Waals surface area contributed by atoms with Gasteiger partial charge in [-0.3, -0.25) is 4.79 Å². The van der Waals surface area contributed by atoms with Crippen LogP contribution in [0.1, 0.15) is 26.3 Å². The van der Waals surface area contributed by atoms with Gasteiger partial charge in [0, 0.05) is 24.7 Å². The van der Waals surface area contributed by atoms with Gasteiger partial charge in [-0.15, -0.1) is 0 Å². The number of ether oxygens (including phenoxy) is 2. The summed E-state index contributed by atoms with van der Waals surface area (Å²) in [4.78, 5) is 14.1. The van der Waals surface area contributed by atoms with Crippen LogP contribution >= 0.6 is 0 Å². The van der Waals surface area contributed by atoms with Gasteiger partial charge in [-0.2, -0.15) is 0 Å². The highest BCUT2D eigenvalue weighted by atomic mass is 28.4. The molecule has 0 aliphatic heterocycles. The molecule has 0 saturated carbocycles. The van der Waals surface area contributed by atoms with Crippen LogP contribution in [-0.4, -0.2) is 46.5 Å². The summed E-state index contributed by atoms with van der Waals surface area (Å²) in [7, 11) is 1.33. The minimum Gasteiger partial charge on any atom is -0.497 e. The molecule has 1 aromatic carbocycles. The third-order valence-electron chi connectivity index (χ3n) is 5.20. The minimum absolute atomic E-state index is 0.125. The average Bonchev–Trinajstić information content (AvgIpc) is 2.64. The molecule has 5 nitrogen and oxygen atoms in total. The normalized spacial score (nSPS) is 11.7. The zero-order valence-electron chi connectivity index (χ0n) is 18.4. The van der Waals surface area contributed by atoms with Crippen molar-refractivity contribution < 1.29 is 18.7 Å². The van der Waals surface area contributed by atoms with Crippen molar-refractivity contribution >= 4 is 14.2 Å². The molecule has 0 atom stereocenters. The first-order chi connectivity index (χ1) is 12.9. The maximum absolute atomic E-state index is 12.4. The van der Waals surface area contributed by atoms with Gasteiger partial charge in [0.1, 0.15) is 11.5 Å². The summed E-state index contributed by atoms with van der Waals surface area (Å²) in [5, 5.41) is 0.125. The van der Waals surface area contributed by atoms with Gasteiger partial charge in [-0.25, -0.2) is 0 Å². The summed E-state index contributed by atoms with van der Waals surface area (Å²) < 4.78 is 16.9. The van der Waals surface area contributed by atoms with Gasteiger partial charge in [0.25, 0.3) is 0 Å². The average molecular weight is 406 g/mol. The second kappa shape index (κ2) is 9.93. The Bertz CT molecular complexity index is 707. The van der Waals surface area contributed by atoms with E-state index in [-0.39, 0.29) is 10.9 Å². The minimum atomic E-state index is -1.87. The van der Waals surface area contributed by atoms with Gasteiger partial charge in [0.05, 0.1) is 20.8 Å². The van der Waals surface area contributed by atoms with Crippen LogP contribution in [0.3, 0.4) is 0 Å². The molecule has 1 rings (SSSR count). The summed E-state index contributed by atoms with van der Waals surface area (Å²) in [6, 6.07) is 5.56. The molecule has 0 bridgehead atoms. The van der Waals surface area contributed by atoms with Crippen LogP contribution in [0.15, 0.2) is 43.0 Å². The van der Waals surface area contributed by atoms with Gasteiger partial charge < -0.3 is 18.8 Å². The number of hydrogen-bond donors (Lipinski definition) is 0.